The van der Waals surface area contributed by atoms with Crippen LogP contribution in [0.1, 0.15) is 18.7 Å². The molecule has 0 saturated carbocycles. The standard InChI is InChI=1S/C21H27N5O3/c1-15-22-19(14-20(23-15)26-8-6-16(7-9-26)21(27)28)24-17-4-2-3-5-18(17)25-10-12-29-13-11-25/h2-5,14,16H,6-13H2,1H3,(H,27,28)(H,22,23,24). The zero-order valence-electron chi connectivity index (χ0n) is 16.7. The molecule has 4 rings (SSSR count). The fourth-order valence-corrected chi connectivity index (χ4v) is 3.93. The molecule has 0 amide bonds. The lowest BCUT2D eigenvalue weighted by Crippen LogP contribution is -2.37. The van der Waals surface area contributed by atoms with Crippen LogP contribution in [0, 0.1) is 12.8 Å². The summed E-state index contributed by atoms with van der Waals surface area (Å²) in [4.78, 5) is 24.8. The molecule has 29 heavy (non-hydrogen) atoms. The van der Waals surface area contributed by atoms with Crippen molar-refractivity contribution >= 4 is 29.0 Å². The molecule has 0 aliphatic carbocycles. The number of piperidine rings is 1. The van der Waals surface area contributed by atoms with Crippen molar-refractivity contribution in [3.8, 4) is 0 Å². The van der Waals surface area contributed by atoms with Gasteiger partial charge in [-0.1, -0.05) is 12.1 Å². The van der Waals surface area contributed by atoms with Gasteiger partial charge in [0, 0.05) is 32.2 Å². The lowest BCUT2D eigenvalue weighted by molar-refractivity contribution is -0.142. The predicted molar refractivity (Wildman–Crippen MR) is 112 cm³/mol. The van der Waals surface area contributed by atoms with E-state index in [1.165, 1.54) is 0 Å². The number of hydrogen-bond acceptors (Lipinski definition) is 7. The van der Waals surface area contributed by atoms with Gasteiger partial charge in [0.2, 0.25) is 0 Å². The molecule has 2 fully saturated rings. The number of nitrogens with one attached hydrogen (secondary N) is 1. The maximum Gasteiger partial charge on any atom is 0.306 e. The number of hydrogen-bond donors (Lipinski definition) is 2. The van der Waals surface area contributed by atoms with E-state index in [0.29, 0.717) is 31.8 Å². The second-order valence-corrected chi connectivity index (χ2v) is 7.50. The number of morpholine rings is 1. The fraction of sp³-hybridized carbons (Fsp3) is 0.476. The summed E-state index contributed by atoms with van der Waals surface area (Å²) in [6, 6.07) is 10.2. The molecule has 154 valence electrons. The lowest BCUT2D eigenvalue weighted by Gasteiger charge is -2.32. The monoisotopic (exact) mass is 397 g/mol. The smallest absolute Gasteiger partial charge is 0.306 e. The number of nitrogens with zero attached hydrogens (tertiary/aromatic N) is 4. The van der Waals surface area contributed by atoms with E-state index in [0.717, 1.165) is 49.3 Å². The molecule has 8 nitrogen and oxygen atoms in total. The first kappa shape index (κ1) is 19.4. The first-order valence-electron chi connectivity index (χ1n) is 10.1. The van der Waals surface area contributed by atoms with Gasteiger partial charge in [-0.25, -0.2) is 9.97 Å². The third-order valence-corrected chi connectivity index (χ3v) is 5.51. The van der Waals surface area contributed by atoms with Crippen molar-refractivity contribution in [2.45, 2.75) is 19.8 Å². The molecule has 2 aromatic rings. The van der Waals surface area contributed by atoms with E-state index in [1.807, 2.05) is 25.1 Å². The minimum Gasteiger partial charge on any atom is -0.481 e. The van der Waals surface area contributed by atoms with Gasteiger partial charge in [0.1, 0.15) is 17.5 Å². The van der Waals surface area contributed by atoms with Gasteiger partial charge in [-0.05, 0) is 31.9 Å². The van der Waals surface area contributed by atoms with Crippen molar-refractivity contribution in [1.29, 1.82) is 0 Å². The Morgan fingerprint density at radius 2 is 1.83 bits per heavy atom. The Bertz CT molecular complexity index is 861. The molecular weight excluding hydrogens is 370 g/mol. The van der Waals surface area contributed by atoms with Crippen LogP contribution in [0.15, 0.2) is 30.3 Å². The van der Waals surface area contributed by atoms with Crippen LogP contribution in [0.5, 0.6) is 0 Å². The molecule has 0 atom stereocenters. The highest BCUT2D eigenvalue weighted by molar-refractivity contribution is 5.75. The van der Waals surface area contributed by atoms with E-state index in [-0.39, 0.29) is 5.92 Å². The van der Waals surface area contributed by atoms with Crippen molar-refractivity contribution in [3.63, 3.8) is 0 Å². The van der Waals surface area contributed by atoms with Gasteiger partial charge < -0.3 is 25.0 Å². The number of carbonyl (C=O) groups is 1. The van der Waals surface area contributed by atoms with E-state index < -0.39 is 5.97 Å². The largest absolute Gasteiger partial charge is 0.481 e. The van der Waals surface area contributed by atoms with E-state index in [4.69, 9.17) is 4.74 Å². The Morgan fingerprint density at radius 1 is 1.10 bits per heavy atom. The fourth-order valence-electron chi connectivity index (χ4n) is 3.93. The van der Waals surface area contributed by atoms with Gasteiger partial charge in [0.25, 0.3) is 0 Å². The second kappa shape index (κ2) is 8.65. The van der Waals surface area contributed by atoms with Crippen molar-refractivity contribution in [1.82, 2.24) is 9.97 Å². The molecule has 0 bridgehead atoms. The van der Waals surface area contributed by atoms with Crippen LogP contribution in [0.4, 0.5) is 23.0 Å². The average Bonchev–Trinajstić information content (AvgIpc) is 2.74. The summed E-state index contributed by atoms with van der Waals surface area (Å²) in [5.41, 5.74) is 2.14. The topological polar surface area (TPSA) is 90.8 Å². The van der Waals surface area contributed by atoms with Gasteiger partial charge >= 0.3 is 5.97 Å². The molecule has 2 saturated heterocycles. The SMILES string of the molecule is Cc1nc(Nc2ccccc2N2CCOCC2)cc(N2CCC(C(=O)O)CC2)n1. The number of rotatable bonds is 5. The van der Waals surface area contributed by atoms with E-state index in [2.05, 4.69) is 37.2 Å². The quantitative estimate of drug-likeness (QED) is 0.796. The molecule has 1 aromatic heterocycles. The number of aryl methyl sites for hydroxylation is 1. The molecule has 3 heterocycles. The second-order valence-electron chi connectivity index (χ2n) is 7.50. The summed E-state index contributed by atoms with van der Waals surface area (Å²) < 4.78 is 5.48. The number of ether oxygens (including phenoxy) is 1. The maximum atomic E-state index is 11.2. The van der Waals surface area contributed by atoms with Gasteiger partial charge in [-0.2, -0.15) is 0 Å². The summed E-state index contributed by atoms with van der Waals surface area (Å²) >= 11 is 0. The van der Waals surface area contributed by atoms with Crippen LogP contribution in [0.25, 0.3) is 0 Å². The van der Waals surface area contributed by atoms with Crippen LogP contribution in [0.2, 0.25) is 0 Å². The summed E-state index contributed by atoms with van der Waals surface area (Å²) in [5.74, 6) is 1.31. The van der Waals surface area contributed by atoms with Crippen LogP contribution in [-0.4, -0.2) is 60.4 Å². The Kier molecular flexibility index (Phi) is 5.80. The molecule has 8 heteroatoms. The number of aliphatic carboxylic acids is 1. The summed E-state index contributed by atoms with van der Waals surface area (Å²) in [6.45, 7) is 6.46. The van der Waals surface area contributed by atoms with Crippen molar-refractivity contribution in [2.24, 2.45) is 5.92 Å². The molecule has 1 aromatic carbocycles. The van der Waals surface area contributed by atoms with Crippen LogP contribution < -0.4 is 15.1 Å². The normalized spacial score (nSPS) is 18.0. The minimum atomic E-state index is -0.703. The average molecular weight is 397 g/mol. The third kappa shape index (κ3) is 4.59. The Labute approximate surface area is 170 Å². The Morgan fingerprint density at radius 3 is 2.55 bits per heavy atom. The number of para-hydroxylation sites is 2. The van der Waals surface area contributed by atoms with Crippen molar-refractivity contribution in [3.05, 3.63) is 36.2 Å². The highest BCUT2D eigenvalue weighted by Crippen LogP contribution is 2.30. The van der Waals surface area contributed by atoms with Crippen molar-refractivity contribution in [2.75, 3.05) is 54.5 Å². The number of benzene rings is 1. The van der Waals surface area contributed by atoms with Gasteiger partial charge in [-0.15, -0.1) is 0 Å². The molecular formula is C21H27N5O3. The summed E-state index contributed by atoms with van der Waals surface area (Å²) in [7, 11) is 0. The molecule has 0 spiro atoms. The van der Waals surface area contributed by atoms with Gasteiger partial charge in [0.05, 0.1) is 30.5 Å². The molecule has 0 radical (unpaired) electrons. The first-order chi connectivity index (χ1) is 14.1. The Hall–Kier alpha value is -2.87. The molecule has 2 N–H and O–H groups in total. The zero-order valence-corrected chi connectivity index (χ0v) is 16.7. The lowest BCUT2D eigenvalue weighted by atomic mass is 9.97. The van der Waals surface area contributed by atoms with Crippen molar-refractivity contribution < 1.29 is 14.6 Å². The predicted octanol–water partition coefficient (Wildman–Crippen LogP) is 2.67. The van der Waals surface area contributed by atoms with Crippen LogP contribution >= 0.6 is 0 Å². The molecule has 2 aliphatic rings. The first-order valence-corrected chi connectivity index (χ1v) is 10.1. The van der Waals surface area contributed by atoms with E-state index in [9.17, 15) is 9.90 Å². The zero-order chi connectivity index (χ0) is 20.2. The summed E-state index contributed by atoms with van der Waals surface area (Å²) in [6.07, 6.45) is 1.28. The molecule has 2 aliphatic heterocycles. The van der Waals surface area contributed by atoms with E-state index >= 15 is 0 Å². The van der Waals surface area contributed by atoms with Crippen LogP contribution in [-0.2, 0) is 9.53 Å². The highest BCUT2D eigenvalue weighted by atomic mass is 16.5. The van der Waals surface area contributed by atoms with Gasteiger partial charge in [0.15, 0.2) is 0 Å². The van der Waals surface area contributed by atoms with Gasteiger partial charge in [-0.3, -0.25) is 4.79 Å². The highest BCUT2D eigenvalue weighted by Gasteiger charge is 2.25. The number of anilines is 4. The third-order valence-electron chi connectivity index (χ3n) is 5.51. The Balaban J connectivity index is 1.53. The maximum absolute atomic E-state index is 11.2. The van der Waals surface area contributed by atoms with E-state index in [1.54, 1.807) is 0 Å². The number of carboxylic acid groups (broad SMARTS) is 1. The number of aromatic nitrogens is 2. The summed E-state index contributed by atoms with van der Waals surface area (Å²) in [5, 5.41) is 12.7. The van der Waals surface area contributed by atoms with Crippen LogP contribution in [0.3, 0.4) is 0 Å². The minimum absolute atomic E-state index is 0.257. The number of carboxylic acids is 1. The molecule has 0 unspecified atom stereocenters.